The zero-order chi connectivity index (χ0) is 13.8. The number of nitrogens with zero attached hydrogens (tertiary/aromatic N) is 1. The molecule has 96 valence electrons. The first-order valence-corrected chi connectivity index (χ1v) is 6.28. The summed E-state index contributed by atoms with van der Waals surface area (Å²) in [6, 6.07) is 10.9. The Kier molecular flexibility index (Phi) is 4.26. The van der Waals surface area contributed by atoms with Gasteiger partial charge in [0.05, 0.1) is 17.5 Å². The van der Waals surface area contributed by atoms with E-state index in [1.807, 2.05) is 6.07 Å². The van der Waals surface area contributed by atoms with E-state index in [-0.39, 0.29) is 17.2 Å². The lowest BCUT2D eigenvalue weighted by Gasteiger charge is -2.11. The third-order valence-corrected chi connectivity index (χ3v) is 3.11. The minimum Gasteiger partial charge on any atom is -0.454 e. The largest absolute Gasteiger partial charge is 0.454 e. The molecule has 2 nitrogen and oxygen atoms in total. The van der Waals surface area contributed by atoms with Crippen molar-refractivity contribution in [2.75, 3.05) is 0 Å². The van der Waals surface area contributed by atoms with Crippen molar-refractivity contribution in [2.45, 2.75) is 5.88 Å². The van der Waals surface area contributed by atoms with Crippen LogP contribution in [-0.4, -0.2) is 0 Å². The lowest BCUT2D eigenvalue weighted by molar-refractivity contribution is 0.439. The Bertz CT molecular complexity index is 652. The average Bonchev–Trinajstić information content (AvgIpc) is 2.41. The van der Waals surface area contributed by atoms with Gasteiger partial charge in [0.15, 0.2) is 11.6 Å². The van der Waals surface area contributed by atoms with Gasteiger partial charge < -0.3 is 4.74 Å². The molecule has 0 N–H and O–H groups in total. The van der Waals surface area contributed by atoms with Gasteiger partial charge in [0.25, 0.3) is 0 Å². The van der Waals surface area contributed by atoms with E-state index < -0.39 is 5.82 Å². The van der Waals surface area contributed by atoms with Gasteiger partial charge in [-0.1, -0.05) is 17.7 Å². The van der Waals surface area contributed by atoms with Crippen LogP contribution in [0.1, 0.15) is 11.1 Å². The quantitative estimate of drug-likeness (QED) is 0.756. The van der Waals surface area contributed by atoms with Crippen LogP contribution in [0.3, 0.4) is 0 Å². The molecule has 2 aromatic carbocycles. The third-order valence-electron chi connectivity index (χ3n) is 2.49. The minimum absolute atomic E-state index is 0.0210. The molecule has 0 saturated heterocycles. The van der Waals surface area contributed by atoms with E-state index in [2.05, 4.69) is 0 Å². The summed E-state index contributed by atoms with van der Waals surface area (Å²) in [4.78, 5) is 0. The van der Waals surface area contributed by atoms with Crippen LogP contribution in [0, 0.1) is 17.1 Å². The maximum Gasteiger partial charge on any atom is 0.167 e. The first kappa shape index (κ1) is 13.7. The SMILES string of the molecule is N#Cc1ccc(Oc2cccc(Cl)c2CCl)c(F)c1. The number of alkyl halides is 1. The maximum absolute atomic E-state index is 13.7. The fraction of sp³-hybridized carbons (Fsp3) is 0.0714. The molecule has 0 aliphatic heterocycles. The molecule has 0 spiro atoms. The Morgan fingerprint density at radius 2 is 2.00 bits per heavy atom. The number of nitriles is 1. The maximum atomic E-state index is 13.7. The summed E-state index contributed by atoms with van der Waals surface area (Å²) in [5, 5.41) is 9.13. The molecule has 19 heavy (non-hydrogen) atoms. The van der Waals surface area contributed by atoms with Crippen LogP contribution < -0.4 is 4.74 Å². The molecular weight excluding hydrogens is 288 g/mol. The fourth-order valence-electron chi connectivity index (χ4n) is 1.54. The van der Waals surface area contributed by atoms with Crippen LogP contribution in [0.4, 0.5) is 4.39 Å². The smallest absolute Gasteiger partial charge is 0.167 e. The fourth-order valence-corrected chi connectivity index (χ4v) is 2.11. The van der Waals surface area contributed by atoms with Crippen molar-refractivity contribution in [3.8, 4) is 17.6 Å². The van der Waals surface area contributed by atoms with Crippen molar-refractivity contribution in [3.05, 3.63) is 58.4 Å². The van der Waals surface area contributed by atoms with E-state index in [1.54, 1.807) is 18.2 Å². The molecule has 0 saturated carbocycles. The molecule has 0 unspecified atom stereocenters. The number of benzene rings is 2. The number of rotatable bonds is 3. The van der Waals surface area contributed by atoms with E-state index in [4.69, 9.17) is 33.2 Å². The topological polar surface area (TPSA) is 33.0 Å². The van der Waals surface area contributed by atoms with Gasteiger partial charge in [0.2, 0.25) is 0 Å². The molecule has 2 aromatic rings. The summed E-state index contributed by atoms with van der Waals surface area (Å²) >= 11 is 11.8. The first-order valence-electron chi connectivity index (χ1n) is 5.36. The van der Waals surface area contributed by atoms with E-state index >= 15 is 0 Å². The molecule has 0 aliphatic carbocycles. The number of hydrogen-bond acceptors (Lipinski definition) is 2. The summed E-state index contributed by atoms with van der Waals surface area (Å²) < 4.78 is 19.2. The van der Waals surface area contributed by atoms with Crippen molar-refractivity contribution < 1.29 is 9.13 Å². The summed E-state index contributed by atoms with van der Waals surface area (Å²) in [5.41, 5.74) is 0.822. The normalized spacial score (nSPS) is 10.0. The van der Waals surface area contributed by atoms with E-state index in [0.29, 0.717) is 16.3 Å². The Morgan fingerprint density at radius 1 is 1.21 bits per heavy atom. The number of halogens is 3. The summed E-state index contributed by atoms with van der Waals surface area (Å²) in [7, 11) is 0. The highest BCUT2D eigenvalue weighted by Crippen LogP contribution is 2.32. The van der Waals surface area contributed by atoms with Gasteiger partial charge in [0.1, 0.15) is 5.75 Å². The number of ether oxygens (including phenoxy) is 1. The van der Waals surface area contributed by atoms with Crippen LogP contribution in [0.2, 0.25) is 5.02 Å². The van der Waals surface area contributed by atoms with Gasteiger partial charge in [-0.2, -0.15) is 5.26 Å². The molecule has 0 fully saturated rings. The van der Waals surface area contributed by atoms with Gasteiger partial charge in [-0.3, -0.25) is 0 Å². The van der Waals surface area contributed by atoms with Crippen molar-refractivity contribution in [2.24, 2.45) is 0 Å². The van der Waals surface area contributed by atoms with Crippen molar-refractivity contribution in [3.63, 3.8) is 0 Å². The van der Waals surface area contributed by atoms with Gasteiger partial charge in [-0.25, -0.2) is 4.39 Å². The Morgan fingerprint density at radius 3 is 2.63 bits per heavy atom. The summed E-state index contributed by atoms with van der Waals surface area (Å²) in [6.07, 6.45) is 0. The second kappa shape index (κ2) is 5.92. The lowest BCUT2D eigenvalue weighted by Crippen LogP contribution is -1.93. The number of hydrogen-bond donors (Lipinski definition) is 0. The molecule has 0 radical (unpaired) electrons. The Hall–Kier alpha value is -1.76. The molecule has 0 heterocycles. The van der Waals surface area contributed by atoms with E-state index in [1.165, 1.54) is 12.1 Å². The van der Waals surface area contributed by atoms with Gasteiger partial charge in [0, 0.05) is 10.6 Å². The second-order valence-electron chi connectivity index (χ2n) is 3.71. The van der Waals surface area contributed by atoms with E-state index in [0.717, 1.165) is 6.07 Å². The summed E-state index contributed by atoms with van der Waals surface area (Å²) in [5.74, 6) is -0.0364. The van der Waals surface area contributed by atoms with Crippen LogP contribution in [-0.2, 0) is 5.88 Å². The molecule has 0 aromatic heterocycles. The minimum atomic E-state index is -0.612. The zero-order valence-corrected chi connectivity index (χ0v) is 11.2. The molecule has 0 aliphatic rings. The van der Waals surface area contributed by atoms with Gasteiger partial charge in [-0.15, -0.1) is 11.6 Å². The highest BCUT2D eigenvalue weighted by molar-refractivity contribution is 6.32. The Labute approximate surface area is 119 Å². The highest BCUT2D eigenvalue weighted by Gasteiger charge is 2.11. The van der Waals surface area contributed by atoms with Gasteiger partial charge in [-0.05, 0) is 30.3 Å². The van der Waals surface area contributed by atoms with Crippen molar-refractivity contribution in [1.82, 2.24) is 0 Å². The first-order chi connectivity index (χ1) is 9.15. The lowest BCUT2D eigenvalue weighted by atomic mass is 10.2. The van der Waals surface area contributed by atoms with Crippen LogP contribution in [0.5, 0.6) is 11.5 Å². The van der Waals surface area contributed by atoms with Crippen molar-refractivity contribution >= 4 is 23.2 Å². The van der Waals surface area contributed by atoms with Crippen LogP contribution in [0.15, 0.2) is 36.4 Å². The Balaban J connectivity index is 2.37. The monoisotopic (exact) mass is 295 g/mol. The highest BCUT2D eigenvalue weighted by atomic mass is 35.5. The third kappa shape index (κ3) is 2.98. The predicted octanol–water partition coefficient (Wildman–Crippen LogP) is 4.88. The van der Waals surface area contributed by atoms with Gasteiger partial charge >= 0.3 is 0 Å². The van der Waals surface area contributed by atoms with Crippen LogP contribution >= 0.6 is 23.2 Å². The average molecular weight is 296 g/mol. The molecule has 0 amide bonds. The molecule has 2 rings (SSSR count). The summed E-state index contributed by atoms with van der Waals surface area (Å²) in [6.45, 7) is 0. The molecular formula is C14H8Cl2FNO. The standard InChI is InChI=1S/C14H8Cl2FNO/c15-7-10-11(16)2-1-3-13(10)19-14-5-4-9(8-18)6-12(14)17/h1-6H,7H2. The van der Waals surface area contributed by atoms with Crippen LogP contribution in [0.25, 0.3) is 0 Å². The molecule has 0 bridgehead atoms. The molecule has 5 heteroatoms. The van der Waals surface area contributed by atoms with Crippen molar-refractivity contribution in [1.29, 1.82) is 5.26 Å². The molecule has 0 atom stereocenters. The van der Waals surface area contributed by atoms with E-state index in [9.17, 15) is 4.39 Å². The predicted molar refractivity (Wildman–Crippen MR) is 72.2 cm³/mol. The zero-order valence-electron chi connectivity index (χ0n) is 9.66. The second-order valence-corrected chi connectivity index (χ2v) is 4.38.